The summed E-state index contributed by atoms with van der Waals surface area (Å²) in [6, 6.07) is 4.37. The Kier molecular flexibility index (Phi) is 6.52. The van der Waals surface area contributed by atoms with Gasteiger partial charge in [-0.15, -0.1) is 0 Å². The molecule has 1 atom stereocenters. The van der Waals surface area contributed by atoms with E-state index in [0.29, 0.717) is 18.1 Å². The SMILES string of the molecule is CCOc1cc(C(=O)O)ccc1OCC(=O)NC(C)CC. The lowest BCUT2D eigenvalue weighted by atomic mass is 10.2. The molecule has 1 aromatic rings. The van der Waals surface area contributed by atoms with Gasteiger partial charge in [0.2, 0.25) is 0 Å². The molecule has 0 bridgehead atoms. The third-order valence-electron chi connectivity index (χ3n) is 2.87. The summed E-state index contributed by atoms with van der Waals surface area (Å²) in [4.78, 5) is 22.6. The van der Waals surface area contributed by atoms with Crippen molar-refractivity contribution in [3.63, 3.8) is 0 Å². The molecular weight excluding hydrogens is 274 g/mol. The molecule has 0 aliphatic heterocycles. The van der Waals surface area contributed by atoms with Crippen molar-refractivity contribution in [2.24, 2.45) is 0 Å². The van der Waals surface area contributed by atoms with Crippen molar-refractivity contribution >= 4 is 11.9 Å². The lowest BCUT2D eigenvalue weighted by Crippen LogP contribution is -2.35. The van der Waals surface area contributed by atoms with Crippen LogP contribution in [0.2, 0.25) is 0 Å². The first-order chi connectivity index (χ1) is 9.97. The number of hydrogen-bond donors (Lipinski definition) is 2. The minimum Gasteiger partial charge on any atom is -0.490 e. The van der Waals surface area contributed by atoms with E-state index < -0.39 is 5.97 Å². The molecule has 0 spiro atoms. The van der Waals surface area contributed by atoms with Gasteiger partial charge >= 0.3 is 5.97 Å². The van der Waals surface area contributed by atoms with Crippen LogP contribution in [0.4, 0.5) is 0 Å². The standard InChI is InChI=1S/C15H21NO5/c1-4-10(3)16-14(17)9-21-12-7-6-11(15(18)19)8-13(12)20-5-2/h6-8,10H,4-5,9H2,1-3H3,(H,16,17)(H,18,19). The van der Waals surface area contributed by atoms with Crippen LogP contribution in [0.5, 0.6) is 11.5 Å². The number of aromatic carboxylic acids is 1. The number of carboxylic acid groups (broad SMARTS) is 1. The molecule has 1 rings (SSSR count). The quantitative estimate of drug-likeness (QED) is 0.767. The highest BCUT2D eigenvalue weighted by molar-refractivity contribution is 5.88. The molecule has 0 saturated heterocycles. The zero-order valence-electron chi connectivity index (χ0n) is 12.5. The Bertz CT molecular complexity index is 501. The highest BCUT2D eigenvalue weighted by atomic mass is 16.5. The van der Waals surface area contributed by atoms with Crippen molar-refractivity contribution in [1.29, 1.82) is 0 Å². The Morgan fingerprint density at radius 3 is 2.52 bits per heavy atom. The number of rotatable bonds is 8. The van der Waals surface area contributed by atoms with Gasteiger partial charge in [0.1, 0.15) is 0 Å². The van der Waals surface area contributed by atoms with E-state index in [1.54, 1.807) is 6.92 Å². The number of hydrogen-bond acceptors (Lipinski definition) is 4. The van der Waals surface area contributed by atoms with Crippen molar-refractivity contribution in [2.45, 2.75) is 33.2 Å². The van der Waals surface area contributed by atoms with E-state index >= 15 is 0 Å². The highest BCUT2D eigenvalue weighted by Crippen LogP contribution is 2.28. The van der Waals surface area contributed by atoms with Crippen LogP contribution in [0.3, 0.4) is 0 Å². The van der Waals surface area contributed by atoms with Crippen molar-refractivity contribution in [3.05, 3.63) is 23.8 Å². The molecule has 2 N–H and O–H groups in total. The molecule has 6 heteroatoms. The third kappa shape index (κ3) is 5.33. The fourth-order valence-electron chi connectivity index (χ4n) is 1.59. The summed E-state index contributed by atoms with van der Waals surface area (Å²) in [5.41, 5.74) is 0.106. The first-order valence-electron chi connectivity index (χ1n) is 6.90. The molecule has 0 fully saturated rings. The number of carbonyl (C=O) groups is 2. The number of benzene rings is 1. The molecule has 0 aliphatic carbocycles. The van der Waals surface area contributed by atoms with Crippen LogP contribution >= 0.6 is 0 Å². The smallest absolute Gasteiger partial charge is 0.335 e. The van der Waals surface area contributed by atoms with Crippen LogP contribution in [-0.2, 0) is 4.79 Å². The summed E-state index contributed by atoms with van der Waals surface area (Å²) in [7, 11) is 0. The van der Waals surface area contributed by atoms with Crippen LogP contribution in [0.25, 0.3) is 0 Å². The van der Waals surface area contributed by atoms with Crippen LogP contribution < -0.4 is 14.8 Å². The second kappa shape index (κ2) is 8.14. The molecule has 0 saturated carbocycles. The first kappa shape index (κ1) is 16.8. The molecule has 0 aliphatic rings. The fourth-order valence-corrected chi connectivity index (χ4v) is 1.59. The summed E-state index contributed by atoms with van der Waals surface area (Å²) in [5, 5.41) is 11.7. The third-order valence-corrected chi connectivity index (χ3v) is 2.87. The molecule has 1 unspecified atom stereocenters. The van der Waals surface area contributed by atoms with Crippen LogP contribution in [0.15, 0.2) is 18.2 Å². The topological polar surface area (TPSA) is 84.9 Å². The van der Waals surface area contributed by atoms with Gasteiger partial charge in [-0.05, 0) is 38.5 Å². The van der Waals surface area contributed by atoms with E-state index in [0.717, 1.165) is 6.42 Å². The van der Waals surface area contributed by atoms with Crippen molar-refractivity contribution < 1.29 is 24.2 Å². The van der Waals surface area contributed by atoms with Gasteiger partial charge in [0.15, 0.2) is 18.1 Å². The van der Waals surface area contributed by atoms with Crippen LogP contribution in [-0.4, -0.2) is 36.2 Å². The second-order valence-electron chi connectivity index (χ2n) is 4.57. The van der Waals surface area contributed by atoms with Crippen molar-refractivity contribution in [2.75, 3.05) is 13.2 Å². The van der Waals surface area contributed by atoms with E-state index in [4.69, 9.17) is 14.6 Å². The van der Waals surface area contributed by atoms with Gasteiger partial charge in [-0.25, -0.2) is 4.79 Å². The van der Waals surface area contributed by atoms with Crippen molar-refractivity contribution in [1.82, 2.24) is 5.32 Å². The van der Waals surface area contributed by atoms with E-state index in [1.807, 2.05) is 13.8 Å². The molecule has 1 amide bonds. The molecule has 21 heavy (non-hydrogen) atoms. The molecule has 1 aromatic carbocycles. The number of carbonyl (C=O) groups excluding carboxylic acids is 1. The van der Waals surface area contributed by atoms with Gasteiger partial charge in [0.25, 0.3) is 5.91 Å². The lowest BCUT2D eigenvalue weighted by molar-refractivity contribution is -0.123. The average molecular weight is 295 g/mol. The first-order valence-corrected chi connectivity index (χ1v) is 6.90. The summed E-state index contributed by atoms with van der Waals surface area (Å²) < 4.78 is 10.7. The van der Waals surface area contributed by atoms with Gasteiger partial charge < -0.3 is 19.9 Å². The molecule has 0 heterocycles. The van der Waals surface area contributed by atoms with Gasteiger partial charge in [0.05, 0.1) is 12.2 Å². The average Bonchev–Trinajstić information content (AvgIpc) is 2.45. The number of ether oxygens (including phenoxy) is 2. The monoisotopic (exact) mass is 295 g/mol. The maximum Gasteiger partial charge on any atom is 0.335 e. The zero-order valence-corrected chi connectivity index (χ0v) is 12.5. The number of carboxylic acids is 1. The van der Waals surface area contributed by atoms with Crippen LogP contribution in [0.1, 0.15) is 37.6 Å². The lowest BCUT2D eigenvalue weighted by Gasteiger charge is -2.14. The van der Waals surface area contributed by atoms with E-state index in [1.165, 1.54) is 18.2 Å². The van der Waals surface area contributed by atoms with Crippen LogP contribution in [0, 0.1) is 0 Å². The Morgan fingerprint density at radius 1 is 1.24 bits per heavy atom. The Hall–Kier alpha value is -2.24. The Balaban J connectivity index is 2.73. The van der Waals surface area contributed by atoms with E-state index in [2.05, 4.69) is 5.32 Å². The summed E-state index contributed by atoms with van der Waals surface area (Å²) in [5.74, 6) is -0.610. The molecular formula is C15H21NO5. The van der Waals surface area contributed by atoms with Gasteiger partial charge in [-0.3, -0.25) is 4.79 Å². The Morgan fingerprint density at radius 2 is 1.95 bits per heavy atom. The fraction of sp³-hybridized carbons (Fsp3) is 0.467. The second-order valence-corrected chi connectivity index (χ2v) is 4.57. The Labute approximate surface area is 124 Å². The zero-order chi connectivity index (χ0) is 15.8. The normalized spacial score (nSPS) is 11.6. The van der Waals surface area contributed by atoms with Crippen molar-refractivity contribution in [3.8, 4) is 11.5 Å². The van der Waals surface area contributed by atoms with Gasteiger partial charge in [0, 0.05) is 6.04 Å². The maximum absolute atomic E-state index is 11.7. The largest absolute Gasteiger partial charge is 0.490 e. The molecule has 6 nitrogen and oxygen atoms in total. The predicted octanol–water partition coefficient (Wildman–Crippen LogP) is 2.08. The number of nitrogens with one attached hydrogen (secondary N) is 1. The minimum absolute atomic E-state index is 0.0850. The predicted molar refractivity (Wildman–Crippen MR) is 78.0 cm³/mol. The van der Waals surface area contributed by atoms with E-state index in [9.17, 15) is 9.59 Å². The summed E-state index contributed by atoms with van der Waals surface area (Å²) >= 11 is 0. The van der Waals surface area contributed by atoms with E-state index in [-0.39, 0.29) is 24.1 Å². The highest BCUT2D eigenvalue weighted by Gasteiger charge is 2.12. The van der Waals surface area contributed by atoms with Gasteiger partial charge in [-0.2, -0.15) is 0 Å². The summed E-state index contributed by atoms with van der Waals surface area (Å²) in [6.07, 6.45) is 0.837. The number of amides is 1. The maximum atomic E-state index is 11.7. The minimum atomic E-state index is -1.04. The molecule has 0 aromatic heterocycles. The molecule has 116 valence electrons. The van der Waals surface area contributed by atoms with Gasteiger partial charge in [-0.1, -0.05) is 6.92 Å². The summed E-state index contributed by atoms with van der Waals surface area (Å²) in [6.45, 7) is 5.90. The molecule has 0 radical (unpaired) electrons.